The molecule has 29 heavy (non-hydrogen) atoms. The summed E-state index contributed by atoms with van der Waals surface area (Å²) in [7, 11) is -1.68. The summed E-state index contributed by atoms with van der Waals surface area (Å²) in [5.41, 5.74) is 2.48. The number of amides is 1. The fourth-order valence-corrected chi connectivity index (χ4v) is 4.99. The van der Waals surface area contributed by atoms with Crippen LogP contribution in [0.2, 0.25) is 0 Å². The van der Waals surface area contributed by atoms with Gasteiger partial charge in [-0.15, -0.1) is 11.3 Å². The first-order valence-electron chi connectivity index (χ1n) is 8.79. The highest BCUT2D eigenvalue weighted by molar-refractivity contribution is 7.88. The minimum atomic E-state index is -3.25. The number of hydrogen-bond donors (Lipinski definition) is 2. The number of thiazole rings is 1. The molecule has 0 unspecified atom stereocenters. The fraction of sp³-hybridized carbons (Fsp3) is 0.278. The number of methoxy groups -OCH3 is 1. The Morgan fingerprint density at radius 2 is 2.14 bits per heavy atom. The number of anilines is 1. The number of nitrogens with one attached hydrogen (secondary N) is 2. The second kappa shape index (κ2) is 7.58. The highest BCUT2D eigenvalue weighted by Gasteiger charge is 2.26. The van der Waals surface area contributed by atoms with Gasteiger partial charge in [0, 0.05) is 30.0 Å². The van der Waals surface area contributed by atoms with Crippen molar-refractivity contribution in [3.8, 4) is 17.0 Å². The number of aromatic nitrogens is 3. The van der Waals surface area contributed by atoms with Gasteiger partial charge < -0.3 is 4.74 Å². The number of ether oxygens (including phenoxy) is 1. The number of para-hydroxylation sites is 1. The van der Waals surface area contributed by atoms with E-state index in [0.717, 1.165) is 16.1 Å². The molecule has 4 rings (SSSR count). The first-order chi connectivity index (χ1) is 13.8. The van der Waals surface area contributed by atoms with Crippen LogP contribution >= 0.6 is 11.3 Å². The van der Waals surface area contributed by atoms with Crippen molar-refractivity contribution in [3.05, 3.63) is 46.6 Å². The predicted molar refractivity (Wildman–Crippen MR) is 110 cm³/mol. The van der Waals surface area contributed by atoms with E-state index in [4.69, 9.17) is 4.74 Å². The lowest BCUT2D eigenvalue weighted by molar-refractivity contribution is 0.102. The largest absolute Gasteiger partial charge is 0.496 e. The summed E-state index contributed by atoms with van der Waals surface area (Å²) in [5, 5.41) is 10.1. The van der Waals surface area contributed by atoms with E-state index in [-0.39, 0.29) is 18.1 Å². The molecule has 1 aromatic carbocycles. The molecule has 152 valence electrons. The van der Waals surface area contributed by atoms with Crippen molar-refractivity contribution >= 4 is 32.4 Å². The van der Waals surface area contributed by atoms with Gasteiger partial charge in [0.2, 0.25) is 10.0 Å². The third-order valence-corrected chi connectivity index (χ3v) is 6.84. The lowest BCUT2D eigenvalue weighted by atomic mass is 10.1. The van der Waals surface area contributed by atoms with Crippen LogP contribution in [0.5, 0.6) is 5.75 Å². The summed E-state index contributed by atoms with van der Waals surface area (Å²) in [6.07, 6.45) is 1.72. The van der Waals surface area contributed by atoms with Gasteiger partial charge in [0.25, 0.3) is 5.91 Å². The van der Waals surface area contributed by atoms with Gasteiger partial charge in [-0.05, 0) is 18.2 Å². The fourth-order valence-electron chi connectivity index (χ4n) is 3.11. The minimum absolute atomic E-state index is 0.281. The van der Waals surface area contributed by atoms with Gasteiger partial charge in [0.15, 0.2) is 5.13 Å². The van der Waals surface area contributed by atoms with E-state index in [2.05, 4.69) is 20.5 Å². The van der Waals surface area contributed by atoms with Gasteiger partial charge in [-0.3, -0.25) is 15.2 Å². The third-order valence-electron chi connectivity index (χ3n) is 4.59. The van der Waals surface area contributed by atoms with Crippen LogP contribution in [0, 0.1) is 0 Å². The van der Waals surface area contributed by atoms with Gasteiger partial charge >= 0.3 is 0 Å². The molecule has 0 radical (unpaired) electrons. The average Bonchev–Trinajstić information content (AvgIpc) is 3.33. The van der Waals surface area contributed by atoms with E-state index in [0.29, 0.717) is 29.5 Å². The number of hydrogen-bond acceptors (Lipinski definition) is 7. The van der Waals surface area contributed by atoms with Crippen LogP contribution in [0.4, 0.5) is 5.13 Å². The Morgan fingerprint density at radius 3 is 2.90 bits per heavy atom. The van der Waals surface area contributed by atoms with Crippen molar-refractivity contribution < 1.29 is 17.9 Å². The molecule has 0 saturated heterocycles. The third kappa shape index (κ3) is 4.02. The van der Waals surface area contributed by atoms with Crippen molar-refractivity contribution in [1.29, 1.82) is 0 Å². The van der Waals surface area contributed by atoms with Crippen LogP contribution in [0.3, 0.4) is 0 Å². The summed E-state index contributed by atoms with van der Waals surface area (Å²) < 4.78 is 30.2. The molecule has 0 bridgehead atoms. The van der Waals surface area contributed by atoms with E-state index in [1.807, 2.05) is 24.3 Å². The molecule has 0 atom stereocenters. The predicted octanol–water partition coefficient (Wildman–Crippen LogP) is 2.11. The van der Waals surface area contributed by atoms with Crippen LogP contribution in [-0.4, -0.2) is 53.7 Å². The Kier molecular flexibility index (Phi) is 5.11. The normalized spacial score (nSPS) is 14.4. The number of carbonyl (C=O) groups excluding carboxylic acids is 1. The molecule has 0 spiro atoms. The smallest absolute Gasteiger partial charge is 0.275 e. The molecule has 3 heterocycles. The van der Waals surface area contributed by atoms with Crippen LogP contribution < -0.4 is 10.1 Å². The topological polar surface area (TPSA) is 117 Å². The van der Waals surface area contributed by atoms with E-state index >= 15 is 0 Å². The maximum absolute atomic E-state index is 12.6. The zero-order chi connectivity index (χ0) is 20.6. The molecule has 2 aromatic heterocycles. The molecule has 11 heteroatoms. The number of benzene rings is 1. The van der Waals surface area contributed by atoms with E-state index in [1.165, 1.54) is 21.9 Å². The number of H-pyrrole nitrogens is 1. The summed E-state index contributed by atoms with van der Waals surface area (Å²) >= 11 is 1.28. The highest BCUT2D eigenvalue weighted by Crippen LogP contribution is 2.30. The Hall–Kier alpha value is -2.76. The van der Waals surface area contributed by atoms with E-state index in [1.54, 1.807) is 13.2 Å². The second-order valence-corrected chi connectivity index (χ2v) is 9.62. The standard InChI is InChI=1S/C18H19N5O4S2/c1-27-15-6-4-3-5-11(15)13-9-14(22-21-13)17(24)20-18-19-12-7-8-23(29(2,25)26)10-16(12)28-18/h3-6,9H,7-8,10H2,1-2H3,(H,21,22)(H,19,20,24). The number of aromatic amines is 1. The molecule has 0 fully saturated rings. The molecule has 1 aliphatic rings. The maximum atomic E-state index is 12.6. The van der Waals surface area contributed by atoms with Crippen molar-refractivity contribution in [1.82, 2.24) is 19.5 Å². The first-order valence-corrected chi connectivity index (χ1v) is 11.5. The number of sulfonamides is 1. The molecular weight excluding hydrogens is 414 g/mol. The number of carbonyl (C=O) groups is 1. The van der Waals surface area contributed by atoms with Crippen molar-refractivity contribution in [2.75, 3.05) is 25.2 Å². The Morgan fingerprint density at radius 1 is 1.34 bits per heavy atom. The van der Waals surface area contributed by atoms with Gasteiger partial charge in [0.1, 0.15) is 11.4 Å². The van der Waals surface area contributed by atoms with Gasteiger partial charge in [-0.25, -0.2) is 13.4 Å². The summed E-state index contributed by atoms with van der Waals surface area (Å²) in [6, 6.07) is 9.05. The molecular formula is C18H19N5O4S2. The quantitative estimate of drug-likeness (QED) is 0.636. The number of nitrogens with zero attached hydrogens (tertiary/aromatic N) is 3. The zero-order valence-electron chi connectivity index (χ0n) is 15.8. The Balaban J connectivity index is 1.50. The SMILES string of the molecule is COc1ccccc1-c1cc(C(=O)Nc2nc3c(s2)CN(S(C)(=O)=O)CC3)[nH]n1. The van der Waals surface area contributed by atoms with Crippen LogP contribution in [0.1, 0.15) is 21.1 Å². The van der Waals surface area contributed by atoms with Crippen molar-refractivity contribution in [3.63, 3.8) is 0 Å². The van der Waals surface area contributed by atoms with Gasteiger partial charge in [-0.1, -0.05) is 12.1 Å². The monoisotopic (exact) mass is 433 g/mol. The number of fused-ring (bicyclic) bond motifs is 1. The van der Waals surface area contributed by atoms with Gasteiger partial charge in [-0.2, -0.15) is 9.40 Å². The van der Waals surface area contributed by atoms with Crippen LogP contribution in [0.15, 0.2) is 30.3 Å². The Labute approximate surface area is 171 Å². The zero-order valence-corrected chi connectivity index (χ0v) is 17.4. The highest BCUT2D eigenvalue weighted by atomic mass is 32.2. The van der Waals surface area contributed by atoms with E-state index < -0.39 is 10.0 Å². The second-order valence-electron chi connectivity index (χ2n) is 6.56. The molecule has 9 nitrogen and oxygen atoms in total. The van der Waals surface area contributed by atoms with Crippen LogP contribution in [0.25, 0.3) is 11.3 Å². The molecule has 0 aliphatic carbocycles. The Bertz CT molecular complexity index is 1170. The molecule has 1 amide bonds. The van der Waals surface area contributed by atoms with E-state index in [9.17, 15) is 13.2 Å². The molecule has 1 aliphatic heterocycles. The van der Waals surface area contributed by atoms with Gasteiger partial charge in [0.05, 0.1) is 24.8 Å². The lowest BCUT2D eigenvalue weighted by Crippen LogP contribution is -2.34. The van der Waals surface area contributed by atoms with Crippen molar-refractivity contribution in [2.45, 2.75) is 13.0 Å². The van der Waals surface area contributed by atoms with Crippen molar-refractivity contribution in [2.24, 2.45) is 0 Å². The lowest BCUT2D eigenvalue weighted by Gasteiger charge is -2.23. The molecule has 0 saturated carbocycles. The minimum Gasteiger partial charge on any atom is -0.496 e. The first kappa shape index (κ1) is 19.6. The summed E-state index contributed by atoms with van der Waals surface area (Å²) in [5.74, 6) is 0.290. The molecule has 3 aromatic rings. The summed E-state index contributed by atoms with van der Waals surface area (Å²) in [6.45, 7) is 0.676. The number of rotatable bonds is 5. The maximum Gasteiger partial charge on any atom is 0.275 e. The summed E-state index contributed by atoms with van der Waals surface area (Å²) in [4.78, 5) is 17.9. The molecule has 2 N–H and O–H groups in total. The average molecular weight is 434 g/mol. The van der Waals surface area contributed by atoms with Crippen LogP contribution in [-0.2, 0) is 23.0 Å².